The third kappa shape index (κ3) is 20.7. The van der Waals surface area contributed by atoms with E-state index in [1.54, 1.807) is 27.9 Å². The van der Waals surface area contributed by atoms with Crippen molar-refractivity contribution >= 4 is 24.1 Å². The van der Waals surface area contributed by atoms with Gasteiger partial charge in [0.2, 0.25) is 6.79 Å². The lowest BCUT2D eigenvalue weighted by atomic mass is 10.00. The van der Waals surface area contributed by atoms with Crippen molar-refractivity contribution in [3.63, 3.8) is 0 Å². The van der Waals surface area contributed by atoms with Gasteiger partial charge in [0.15, 0.2) is 0 Å². The highest BCUT2D eigenvalue weighted by Crippen LogP contribution is 2.19. The van der Waals surface area contributed by atoms with Gasteiger partial charge in [-0.15, -0.1) is 0 Å². The van der Waals surface area contributed by atoms with E-state index in [0.29, 0.717) is 25.9 Å². The molecule has 0 aliphatic carbocycles. The molecule has 12 heteroatoms. The lowest BCUT2D eigenvalue weighted by Crippen LogP contribution is -2.41. The van der Waals surface area contributed by atoms with Crippen molar-refractivity contribution in [2.75, 3.05) is 40.9 Å². The Hall–Kier alpha value is -2.60. The van der Waals surface area contributed by atoms with Gasteiger partial charge < -0.3 is 39.1 Å². The van der Waals surface area contributed by atoms with E-state index in [2.05, 4.69) is 10.6 Å². The smallest absolute Gasteiger partial charge is 0.409 e. The van der Waals surface area contributed by atoms with Crippen LogP contribution in [0.25, 0.3) is 0 Å². The van der Waals surface area contributed by atoms with E-state index < -0.39 is 23.8 Å². The molecule has 0 radical (unpaired) electrons. The second-order valence-electron chi connectivity index (χ2n) is 8.84. The minimum Gasteiger partial charge on any atom is -0.447 e. The molecule has 0 spiro atoms. The van der Waals surface area contributed by atoms with Gasteiger partial charge in [-0.2, -0.15) is 0 Å². The zero-order valence-electron chi connectivity index (χ0n) is 22.4. The van der Waals surface area contributed by atoms with Crippen LogP contribution in [0.5, 0.6) is 0 Å². The molecule has 0 aromatic heterocycles. The fourth-order valence-electron chi connectivity index (χ4n) is 2.83. The second-order valence-corrected chi connectivity index (χ2v) is 8.84. The van der Waals surface area contributed by atoms with Crippen molar-refractivity contribution in [1.29, 1.82) is 0 Å². The maximum Gasteiger partial charge on any atom is 0.409 e. The summed E-state index contributed by atoms with van der Waals surface area (Å²) in [5.74, 6) is -0.820. The molecule has 12 nitrogen and oxygen atoms in total. The van der Waals surface area contributed by atoms with Gasteiger partial charge in [-0.3, -0.25) is 9.59 Å². The first-order valence-electron chi connectivity index (χ1n) is 12.3. The predicted molar refractivity (Wildman–Crippen MR) is 130 cm³/mol. The average Bonchev–Trinajstić information content (AvgIpc) is 2.81. The third-order valence-electron chi connectivity index (χ3n) is 5.01. The number of methoxy groups -OCH3 is 2. The minimum absolute atomic E-state index is 0.0982. The van der Waals surface area contributed by atoms with Gasteiger partial charge in [0, 0.05) is 33.7 Å². The van der Waals surface area contributed by atoms with Gasteiger partial charge in [-0.05, 0) is 52.9 Å². The van der Waals surface area contributed by atoms with Crippen LogP contribution in [0.2, 0.25) is 0 Å². The Morgan fingerprint density at radius 2 is 1.36 bits per heavy atom. The molecule has 0 rings (SSSR count). The molecule has 210 valence electrons. The lowest BCUT2D eigenvalue weighted by molar-refractivity contribution is -0.167. The molecule has 0 heterocycles. The first kappa shape index (κ1) is 33.4. The summed E-state index contributed by atoms with van der Waals surface area (Å²) in [4.78, 5) is 46.7. The molecule has 0 aromatic rings. The highest BCUT2D eigenvalue weighted by Gasteiger charge is 2.22. The summed E-state index contributed by atoms with van der Waals surface area (Å²) in [5, 5.41) is 4.81. The summed E-state index contributed by atoms with van der Waals surface area (Å²) in [5.41, 5.74) is -0.725. The molecule has 2 N–H and O–H groups in total. The first-order chi connectivity index (χ1) is 17.1. The van der Waals surface area contributed by atoms with E-state index in [4.69, 9.17) is 28.4 Å². The number of hydrogen-bond donors (Lipinski definition) is 2. The molecule has 0 bridgehead atoms. The van der Waals surface area contributed by atoms with E-state index in [0.717, 1.165) is 25.7 Å². The van der Waals surface area contributed by atoms with Crippen molar-refractivity contribution in [2.45, 2.75) is 90.3 Å². The Bertz CT molecular complexity index is 642. The average molecular weight is 521 g/mol. The Balaban J connectivity index is 3.80. The summed E-state index contributed by atoms with van der Waals surface area (Å²) in [6, 6.07) is 0. The molecule has 0 saturated heterocycles. The molecule has 0 fully saturated rings. The molecule has 2 amide bonds. The fraction of sp³-hybridized carbons (Fsp3) is 0.833. The maximum atomic E-state index is 11.9. The number of ether oxygens (including phenoxy) is 6. The van der Waals surface area contributed by atoms with Crippen LogP contribution in [0, 0.1) is 0 Å². The summed E-state index contributed by atoms with van der Waals surface area (Å²) >= 11 is 0. The number of esters is 2. The molecule has 1 unspecified atom stereocenters. The highest BCUT2D eigenvalue weighted by atomic mass is 16.7. The predicted octanol–water partition coefficient (Wildman–Crippen LogP) is 3.41. The Morgan fingerprint density at radius 3 is 1.94 bits per heavy atom. The van der Waals surface area contributed by atoms with Crippen molar-refractivity contribution in [1.82, 2.24) is 10.6 Å². The zero-order valence-corrected chi connectivity index (χ0v) is 22.4. The van der Waals surface area contributed by atoms with Crippen LogP contribution in [-0.4, -0.2) is 76.7 Å². The molecule has 0 aliphatic heterocycles. The molecular weight excluding hydrogens is 476 g/mol. The number of rotatable bonds is 20. The number of hydrogen-bond acceptors (Lipinski definition) is 10. The topological polar surface area (TPSA) is 148 Å². The summed E-state index contributed by atoms with van der Waals surface area (Å²) in [6.07, 6.45) is 4.04. The SMILES string of the molecule is COCCCCCC(=O)OCOC(=O)CCCCCC(C)(C)OC(=O)NCNC(=O)OCC(C)OC. The standard InChI is InChI=1S/C24H44N2O10/c1-19(32-5)16-33-22(29)25-17-26-23(30)36-24(2,3)14-10-6-8-12-20(27)34-18-35-21(28)13-9-7-11-15-31-4/h19H,6-18H2,1-5H3,(H,25,29)(H,26,30). The monoisotopic (exact) mass is 520 g/mol. The number of carbonyl (C=O) groups excluding carboxylic acids is 4. The number of amides is 2. The van der Waals surface area contributed by atoms with Crippen molar-refractivity contribution in [3.05, 3.63) is 0 Å². The van der Waals surface area contributed by atoms with Crippen molar-refractivity contribution in [2.24, 2.45) is 0 Å². The van der Waals surface area contributed by atoms with Crippen LogP contribution in [-0.2, 0) is 38.0 Å². The van der Waals surface area contributed by atoms with E-state index in [-0.39, 0.29) is 45.0 Å². The van der Waals surface area contributed by atoms with E-state index in [1.807, 2.05) is 0 Å². The number of carbonyl (C=O) groups is 4. The van der Waals surface area contributed by atoms with Gasteiger partial charge in [0.05, 0.1) is 12.8 Å². The minimum atomic E-state index is -0.725. The number of alkyl carbamates (subject to hydrolysis) is 2. The van der Waals surface area contributed by atoms with Gasteiger partial charge in [0.25, 0.3) is 0 Å². The van der Waals surface area contributed by atoms with E-state index in [9.17, 15) is 19.2 Å². The highest BCUT2D eigenvalue weighted by molar-refractivity contribution is 5.71. The maximum absolute atomic E-state index is 11.9. The largest absolute Gasteiger partial charge is 0.447 e. The molecular formula is C24H44N2O10. The summed E-state index contributed by atoms with van der Waals surface area (Å²) in [7, 11) is 3.14. The van der Waals surface area contributed by atoms with E-state index >= 15 is 0 Å². The molecule has 0 aliphatic rings. The summed E-state index contributed by atoms with van der Waals surface area (Å²) < 4.78 is 30.0. The van der Waals surface area contributed by atoms with Crippen LogP contribution in [0.15, 0.2) is 0 Å². The van der Waals surface area contributed by atoms with Gasteiger partial charge in [-0.1, -0.05) is 12.8 Å². The number of nitrogens with one attached hydrogen (secondary N) is 2. The normalized spacial score (nSPS) is 11.8. The zero-order chi connectivity index (χ0) is 27.2. The Kier molecular flexibility index (Phi) is 19.1. The van der Waals surface area contributed by atoms with Crippen LogP contribution in [0.3, 0.4) is 0 Å². The number of unbranched alkanes of at least 4 members (excludes halogenated alkanes) is 4. The van der Waals surface area contributed by atoms with E-state index in [1.165, 1.54) is 7.11 Å². The van der Waals surface area contributed by atoms with Crippen LogP contribution in [0.4, 0.5) is 9.59 Å². The fourth-order valence-corrected chi connectivity index (χ4v) is 2.83. The summed E-state index contributed by atoms with van der Waals surface area (Å²) in [6.45, 7) is 5.57. The third-order valence-corrected chi connectivity index (χ3v) is 5.01. The molecule has 1 atom stereocenters. The van der Waals surface area contributed by atoms with Crippen LogP contribution >= 0.6 is 0 Å². The molecule has 0 aromatic carbocycles. The van der Waals surface area contributed by atoms with Gasteiger partial charge in [-0.25, -0.2) is 9.59 Å². The first-order valence-corrected chi connectivity index (χ1v) is 12.3. The van der Waals surface area contributed by atoms with Crippen molar-refractivity contribution < 1.29 is 47.6 Å². The Labute approximate surface area is 214 Å². The lowest BCUT2D eigenvalue weighted by Gasteiger charge is -2.25. The van der Waals surface area contributed by atoms with Gasteiger partial charge >= 0.3 is 24.1 Å². The van der Waals surface area contributed by atoms with Crippen molar-refractivity contribution in [3.8, 4) is 0 Å². The molecule has 36 heavy (non-hydrogen) atoms. The molecule has 0 saturated carbocycles. The van der Waals surface area contributed by atoms with Gasteiger partial charge in [0.1, 0.15) is 12.2 Å². The Morgan fingerprint density at radius 1 is 0.778 bits per heavy atom. The second kappa shape index (κ2) is 20.6. The van der Waals surface area contributed by atoms with Crippen LogP contribution < -0.4 is 10.6 Å². The van der Waals surface area contributed by atoms with Crippen LogP contribution in [0.1, 0.15) is 78.6 Å². The quantitative estimate of drug-likeness (QED) is 0.106.